The van der Waals surface area contributed by atoms with E-state index in [1.54, 1.807) is 0 Å². The van der Waals surface area contributed by atoms with Crippen LogP contribution < -0.4 is 5.32 Å². The van der Waals surface area contributed by atoms with Crippen molar-refractivity contribution in [1.82, 2.24) is 10.2 Å². The third-order valence-corrected chi connectivity index (χ3v) is 3.22. The quantitative estimate of drug-likeness (QED) is 0.686. The van der Waals surface area contributed by atoms with E-state index in [0.717, 1.165) is 45.5 Å². The molecule has 0 aromatic carbocycles. The Hall–Kier alpha value is -0.610. The summed E-state index contributed by atoms with van der Waals surface area (Å²) in [5, 5.41) is 3.45. The van der Waals surface area contributed by atoms with Gasteiger partial charge in [-0.05, 0) is 32.7 Å². The largest absolute Gasteiger partial charge is 0.382 e. The van der Waals surface area contributed by atoms with Crippen molar-refractivity contribution < 1.29 is 9.53 Å². The molecule has 1 rings (SSSR count). The summed E-state index contributed by atoms with van der Waals surface area (Å²) in [5.74, 6) is 0.291. The van der Waals surface area contributed by atoms with Crippen molar-refractivity contribution in [3.63, 3.8) is 0 Å². The van der Waals surface area contributed by atoms with Crippen molar-refractivity contribution in [2.75, 3.05) is 32.8 Å². The number of hydrogen-bond acceptors (Lipinski definition) is 3. The first-order chi connectivity index (χ1) is 8.27. The van der Waals surface area contributed by atoms with Gasteiger partial charge in [-0.2, -0.15) is 0 Å². The molecule has 0 aliphatic carbocycles. The highest BCUT2D eigenvalue weighted by molar-refractivity contribution is 5.76. The maximum atomic E-state index is 11.9. The molecule has 1 heterocycles. The molecule has 0 atom stereocenters. The van der Waals surface area contributed by atoms with Crippen molar-refractivity contribution in [2.24, 2.45) is 0 Å². The topological polar surface area (TPSA) is 41.6 Å². The van der Waals surface area contributed by atoms with E-state index in [-0.39, 0.29) is 0 Å². The zero-order valence-electron chi connectivity index (χ0n) is 11.2. The second-order valence-corrected chi connectivity index (χ2v) is 4.51. The fourth-order valence-electron chi connectivity index (χ4n) is 2.25. The molecule has 1 N–H and O–H groups in total. The van der Waals surface area contributed by atoms with Gasteiger partial charge in [0.2, 0.25) is 5.91 Å². The van der Waals surface area contributed by atoms with E-state index in [1.165, 1.54) is 0 Å². The van der Waals surface area contributed by atoms with Crippen molar-refractivity contribution in [3.05, 3.63) is 0 Å². The molecule has 0 aromatic rings. The Labute approximate surface area is 105 Å². The van der Waals surface area contributed by atoms with Crippen molar-refractivity contribution in [3.8, 4) is 0 Å². The van der Waals surface area contributed by atoms with Crippen LogP contribution in [0.4, 0.5) is 0 Å². The van der Waals surface area contributed by atoms with Gasteiger partial charge in [0.1, 0.15) is 0 Å². The molecule has 1 aliphatic rings. The van der Waals surface area contributed by atoms with E-state index in [2.05, 4.69) is 12.2 Å². The molecule has 17 heavy (non-hydrogen) atoms. The van der Waals surface area contributed by atoms with E-state index in [1.807, 2.05) is 11.8 Å². The number of amides is 1. The van der Waals surface area contributed by atoms with Crippen LogP contribution in [0.5, 0.6) is 0 Å². The lowest BCUT2D eigenvalue weighted by Crippen LogP contribution is -2.44. The molecule has 4 nitrogen and oxygen atoms in total. The number of rotatable bonds is 7. The van der Waals surface area contributed by atoms with E-state index < -0.39 is 0 Å². The fourth-order valence-corrected chi connectivity index (χ4v) is 2.25. The minimum absolute atomic E-state index is 0.291. The van der Waals surface area contributed by atoms with E-state index in [0.29, 0.717) is 25.0 Å². The van der Waals surface area contributed by atoms with Crippen LogP contribution >= 0.6 is 0 Å². The van der Waals surface area contributed by atoms with Gasteiger partial charge >= 0.3 is 0 Å². The SMILES string of the molecule is CCNC1CCN(C(=O)CCCOCC)CC1. The average Bonchev–Trinajstić information content (AvgIpc) is 2.36. The van der Waals surface area contributed by atoms with Crippen LogP contribution in [0.25, 0.3) is 0 Å². The summed E-state index contributed by atoms with van der Waals surface area (Å²) in [4.78, 5) is 13.9. The number of nitrogens with one attached hydrogen (secondary N) is 1. The zero-order chi connectivity index (χ0) is 12.5. The highest BCUT2D eigenvalue weighted by atomic mass is 16.5. The highest BCUT2D eigenvalue weighted by Gasteiger charge is 2.21. The van der Waals surface area contributed by atoms with Crippen molar-refractivity contribution in [1.29, 1.82) is 0 Å². The van der Waals surface area contributed by atoms with Crippen LogP contribution in [0.2, 0.25) is 0 Å². The molecule has 1 aliphatic heterocycles. The molecule has 0 radical (unpaired) electrons. The Morgan fingerprint density at radius 2 is 2.06 bits per heavy atom. The minimum atomic E-state index is 0.291. The minimum Gasteiger partial charge on any atom is -0.382 e. The Morgan fingerprint density at radius 1 is 1.35 bits per heavy atom. The summed E-state index contributed by atoms with van der Waals surface area (Å²) < 4.78 is 5.24. The van der Waals surface area contributed by atoms with E-state index >= 15 is 0 Å². The van der Waals surface area contributed by atoms with Gasteiger partial charge in [0.05, 0.1) is 0 Å². The van der Waals surface area contributed by atoms with Crippen LogP contribution in [0.3, 0.4) is 0 Å². The normalized spacial score (nSPS) is 17.4. The third-order valence-electron chi connectivity index (χ3n) is 3.22. The smallest absolute Gasteiger partial charge is 0.222 e. The van der Waals surface area contributed by atoms with Gasteiger partial charge in [-0.1, -0.05) is 6.92 Å². The number of hydrogen-bond donors (Lipinski definition) is 1. The van der Waals surface area contributed by atoms with Gasteiger partial charge in [-0.25, -0.2) is 0 Å². The number of piperidine rings is 1. The first-order valence-electron chi connectivity index (χ1n) is 6.86. The van der Waals surface area contributed by atoms with Crippen LogP contribution in [0.1, 0.15) is 39.5 Å². The lowest BCUT2D eigenvalue weighted by atomic mass is 10.0. The molecule has 0 spiro atoms. The number of nitrogens with zero attached hydrogens (tertiary/aromatic N) is 1. The molecule has 0 unspecified atom stereocenters. The van der Waals surface area contributed by atoms with Gasteiger partial charge in [0.25, 0.3) is 0 Å². The molecule has 0 aromatic heterocycles. The maximum Gasteiger partial charge on any atom is 0.222 e. The van der Waals surface area contributed by atoms with Gasteiger partial charge in [-0.3, -0.25) is 4.79 Å². The molecule has 0 saturated carbocycles. The van der Waals surface area contributed by atoms with Gasteiger partial charge in [0, 0.05) is 38.8 Å². The predicted octanol–water partition coefficient (Wildman–Crippen LogP) is 1.40. The van der Waals surface area contributed by atoms with Crippen LogP contribution in [0, 0.1) is 0 Å². The van der Waals surface area contributed by atoms with Crippen LogP contribution in [-0.4, -0.2) is 49.7 Å². The third kappa shape index (κ3) is 5.50. The summed E-state index contributed by atoms with van der Waals surface area (Å²) in [5.41, 5.74) is 0. The van der Waals surface area contributed by atoms with E-state index in [4.69, 9.17) is 4.74 Å². The first-order valence-corrected chi connectivity index (χ1v) is 6.86. The molecule has 1 saturated heterocycles. The Kier molecular flexibility index (Phi) is 7.21. The van der Waals surface area contributed by atoms with Gasteiger partial charge in [-0.15, -0.1) is 0 Å². The molecule has 4 heteroatoms. The Bertz CT molecular complexity index is 213. The summed E-state index contributed by atoms with van der Waals surface area (Å²) in [6.45, 7) is 8.39. The summed E-state index contributed by atoms with van der Waals surface area (Å²) in [6.07, 6.45) is 3.65. The highest BCUT2D eigenvalue weighted by Crippen LogP contribution is 2.11. The predicted molar refractivity (Wildman–Crippen MR) is 69.0 cm³/mol. The molecule has 100 valence electrons. The van der Waals surface area contributed by atoms with E-state index in [9.17, 15) is 4.79 Å². The van der Waals surface area contributed by atoms with Crippen LogP contribution in [0.15, 0.2) is 0 Å². The first kappa shape index (κ1) is 14.5. The number of ether oxygens (including phenoxy) is 1. The molecule has 0 bridgehead atoms. The average molecular weight is 242 g/mol. The second-order valence-electron chi connectivity index (χ2n) is 4.51. The number of carbonyl (C=O) groups is 1. The zero-order valence-corrected chi connectivity index (χ0v) is 11.2. The number of likely N-dealkylation sites (tertiary alicyclic amines) is 1. The maximum absolute atomic E-state index is 11.9. The van der Waals surface area contributed by atoms with Gasteiger partial charge < -0.3 is 15.0 Å². The molecule has 1 amide bonds. The number of carbonyl (C=O) groups excluding carboxylic acids is 1. The molecular formula is C13H26N2O2. The Morgan fingerprint density at radius 3 is 2.65 bits per heavy atom. The summed E-state index contributed by atoms with van der Waals surface area (Å²) in [7, 11) is 0. The van der Waals surface area contributed by atoms with Crippen LogP contribution in [-0.2, 0) is 9.53 Å². The lowest BCUT2D eigenvalue weighted by Gasteiger charge is -2.32. The second kappa shape index (κ2) is 8.48. The molecule has 1 fully saturated rings. The standard InChI is InChI=1S/C13H26N2O2/c1-3-14-12-7-9-15(10-8-12)13(16)6-5-11-17-4-2/h12,14H,3-11H2,1-2H3. The fraction of sp³-hybridized carbons (Fsp3) is 0.923. The molecular weight excluding hydrogens is 216 g/mol. The van der Waals surface area contributed by atoms with Crippen molar-refractivity contribution in [2.45, 2.75) is 45.6 Å². The van der Waals surface area contributed by atoms with Crippen molar-refractivity contribution >= 4 is 5.91 Å². The monoisotopic (exact) mass is 242 g/mol. The Balaban J connectivity index is 2.12. The summed E-state index contributed by atoms with van der Waals surface area (Å²) in [6, 6.07) is 0.604. The summed E-state index contributed by atoms with van der Waals surface area (Å²) >= 11 is 0. The lowest BCUT2D eigenvalue weighted by molar-refractivity contribution is -0.132. The van der Waals surface area contributed by atoms with Gasteiger partial charge in [0.15, 0.2) is 0 Å².